The van der Waals surface area contributed by atoms with Crippen molar-refractivity contribution in [3.63, 3.8) is 0 Å². The molecule has 140 valence electrons. The second-order valence-electron chi connectivity index (χ2n) is 5.40. The van der Waals surface area contributed by atoms with E-state index in [1.54, 1.807) is 30.3 Å². The molecule has 3 rings (SSSR count). The summed E-state index contributed by atoms with van der Waals surface area (Å²) in [6.45, 7) is 1.36. The van der Waals surface area contributed by atoms with Gasteiger partial charge in [0.25, 0.3) is 0 Å². The summed E-state index contributed by atoms with van der Waals surface area (Å²) in [4.78, 5) is 20.7. The SMILES string of the molecule is Cc1cc(C(F)(F)F)n2nc(C(=O)O/N=C(\N)c3ccccc3)c(Cl)c2n1. The van der Waals surface area contributed by atoms with Crippen molar-refractivity contribution in [3.8, 4) is 0 Å². The lowest BCUT2D eigenvalue weighted by atomic mass is 10.2. The van der Waals surface area contributed by atoms with Crippen LogP contribution in [0.3, 0.4) is 0 Å². The summed E-state index contributed by atoms with van der Waals surface area (Å²) in [5, 5.41) is 6.67. The minimum Gasteiger partial charge on any atom is -0.380 e. The number of nitrogens with zero attached hydrogens (tertiary/aromatic N) is 4. The maximum Gasteiger partial charge on any atom is 0.433 e. The molecule has 0 aliphatic rings. The Kier molecular flexibility index (Phi) is 4.75. The Balaban J connectivity index is 1.97. The Hall–Kier alpha value is -3.14. The van der Waals surface area contributed by atoms with Crippen LogP contribution in [0.5, 0.6) is 0 Å². The average Bonchev–Trinajstić information content (AvgIpc) is 2.95. The predicted molar refractivity (Wildman–Crippen MR) is 90.3 cm³/mol. The third kappa shape index (κ3) is 3.70. The highest BCUT2D eigenvalue weighted by Crippen LogP contribution is 2.32. The molecule has 0 amide bonds. The van der Waals surface area contributed by atoms with E-state index in [1.807, 2.05) is 0 Å². The lowest BCUT2D eigenvalue weighted by molar-refractivity contribution is -0.142. The van der Waals surface area contributed by atoms with Gasteiger partial charge >= 0.3 is 12.1 Å². The zero-order chi connectivity index (χ0) is 19.8. The first-order valence-corrected chi connectivity index (χ1v) is 7.79. The fourth-order valence-corrected chi connectivity index (χ4v) is 2.48. The zero-order valence-electron chi connectivity index (χ0n) is 13.7. The van der Waals surface area contributed by atoms with Crippen LogP contribution in [-0.2, 0) is 11.0 Å². The molecular weight excluding hydrogens is 387 g/mol. The number of halogens is 4. The van der Waals surface area contributed by atoms with Crippen molar-refractivity contribution < 1.29 is 22.8 Å². The average molecular weight is 398 g/mol. The third-order valence-corrected chi connectivity index (χ3v) is 3.79. The van der Waals surface area contributed by atoms with Crippen LogP contribution in [0, 0.1) is 6.92 Å². The molecule has 2 aromatic heterocycles. The van der Waals surface area contributed by atoms with Crippen LogP contribution in [-0.4, -0.2) is 26.4 Å². The van der Waals surface area contributed by atoms with Gasteiger partial charge < -0.3 is 10.6 Å². The highest BCUT2D eigenvalue weighted by molar-refractivity contribution is 6.36. The Morgan fingerprint density at radius 2 is 1.96 bits per heavy atom. The number of hydrogen-bond donors (Lipinski definition) is 1. The highest BCUT2D eigenvalue weighted by Gasteiger charge is 2.36. The van der Waals surface area contributed by atoms with Gasteiger partial charge in [0.05, 0.1) is 0 Å². The van der Waals surface area contributed by atoms with Crippen LogP contribution in [0.15, 0.2) is 41.6 Å². The molecule has 7 nitrogen and oxygen atoms in total. The van der Waals surface area contributed by atoms with Crippen LogP contribution < -0.4 is 5.73 Å². The summed E-state index contributed by atoms with van der Waals surface area (Å²) < 4.78 is 40.0. The van der Waals surface area contributed by atoms with E-state index in [9.17, 15) is 18.0 Å². The number of amidine groups is 1. The van der Waals surface area contributed by atoms with Crippen molar-refractivity contribution in [2.45, 2.75) is 13.1 Å². The minimum absolute atomic E-state index is 0.0582. The van der Waals surface area contributed by atoms with E-state index < -0.39 is 23.5 Å². The first-order chi connectivity index (χ1) is 12.7. The molecule has 3 aromatic rings. The van der Waals surface area contributed by atoms with Gasteiger partial charge in [-0.05, 0) is 13.0 Å². The van der Waals surface area contributed by atoms with Crippen molar-refractivity contribution in [1.82, 2.24) is 14.6 Å². The number of hydrogen-bond acceptors (Lipinski definition) is 5. The van der Waals surface area contributed by atoms with Gasteiger partial charge in [0.2, 0.25) is 0 Å². The standard InChI is InChI=1S/C16H11ClF3N5O2/c1-8-7-10(16(18,19)20)25-14(22-8)11(17)12(23-25)15(26)27-24-13(21)9-5-3-2-4-6-9/h2-7H,1H3,(H2,21,24). The topological polar surface area (TPSA) is 94.9 Å². The van der Waals surface area contributed by atoms with Crippen LogP contribution in [0.1, 0.15) is 27.4 Å². The number of carbonyl (C=O) groups is 1. The van der Waals surface area contributed by atoms with E-state index >= 15 is 0 Å². The first kappa shape index (κ1) is 18.6. The van der Waals surface area contributed by atoms with Crippen LogP contribution >= 0.6 is 11.6 Å². The number of aryl methyl sites for hydroxylation is 1. The van der Waals surface area contributed by atoms with Gasteiger partial charge in [0.15, 0.2) is 17.2 Å². The van der Waals surface area contributed by atoms with Gasteiger partial charge in [-0.1, -0.05) is 47.1 Å². The molecule has 0 saturated carbocycles. The number of aromatic nitrogens is 3. The lowest BCUT2D eigenvalue weighted by Gasteiger charge is -2.09. The van der Waals surface area contributed by atoms with Gasteiger partial charge in [-0.2, -0.15) is 18.3 Å². The molecule has 0 spiro atoms. The molecule has 0 atom stereocenters. The van der Waals surface area contributed by atoms with Gasteiger partial charge in [-0.25, -0.2) is 14.3 Å². The largest absolute Gasteiger partial charge is 0.433 e. The molecule has 0 radical (unpaired) electrons. The molecule has 11 heteroatoms. The smallest absolute Gasteiger partial charge is 0.380 e. The summed E-state index contributed by atoms with van der Waals surface area (Å²) in [5.41, 5.74) is 4.22. The molecule has 0 unspecified atom stereocenters. The molecule has 27 heavy (non-hydrogen) atoms. The Bertz CT molecular complexity index is 1050. The number of benzene rings is 1. The number of rotatable bonds is 3. The predicted octanol–water partition coefficient (Wildman–Crippen LogP) is 3.19. The number of alkyl halides is 3. The van der Waals surface area contributed by atoms with E-state index in [2.05, 4.69) is 20.1 Å². The fraction of sp³-hybridized carbons (Fsp3) is 0.125. The van der Waals surface area contributed by atoms with Gasteiger partial charge in [0, 0.05) is 11.3 Å². The second kappa shape index (κ2) is 6.88. The van der Waals surface area contributed by atoms with Gasteiger partial charge in [-0.3, -0.25) is 0 Å². The summed E-state index contributed by atoms with van der Waals surface area (Å²) in [6, 6.07) is 9.21. The number of nitrogens with two attached hydrogens (primary N) is 1. The van der Waals surface area contributed by atoms with Crippen LogP contribution in [0.2, 0.25) is 5.02 Å². The quantitative estimate of drug-likeness (QED) is 0.317. The molecule has 0 bridgehead atoms. The maximum absolute atomic E-state index is 13.2. The zero-order valence-corrected chi connectivity index (χ0v) is 14.4. The summed E-state index contributed by atoms with van der Waals surface area (Å²) in [6.07, 6.45) is -4.72. The highest BCUT2D eigenvalue weighted by atomic mass is 35.5. The summed E-state index contributed by atoms with van der Waals surface area (Å²) in [7, 11) is 0. The van der Waals surface area contributed by atoms with Crippen molar-refractivity contribution in [2.24, 2.45) is 10.9 Å². The molecule has 2 heterocycles. The summed E-state index contributed by atoms with van der Waals surface area (Å²) in [5.74, 6) is -1.27. The van der Waals surface area contributed by atoms with Crippen molar-refractivity contribution in [3.05, 3.63) is 64.1 Å². The molecule has 2 N–H and O–H groups in total. The maximum atomic E-state index is 13.2. The van der Waals surface area contributed by atoms with E-state index in [4.69, 9.17) is 17.3 Å². The molecule has 0 fully saturated rings. The molecular formula is C16H11ClF3N5O2. The Labute approximate surface area is 155 Å². The van der Waals surface area contributed by atoms with E-state index in [0.717, 1.165) is 6.07 Å². The van der Waals surface area contributed by atoms with Crippen molar-refractivity contribution in [1.29, 1.82) is 0 Å². The minimum atomic E-state index is -4.72. The molecule has 0 aliphatic carbocycles. The first-order valence-electron chi connectivity index (χ1n) is 7.42. The molecule has 1 aromatic carbocycles. The van der Waals surface area contributed by atoms with E-state index in [-0.39, 0.29) is 22.2 Å². The third-order valence-electron chi connectivity index (χ3n) is 3.44. The summed E-state index contributed by atoms with van der Waals surface area (Å²) >= 11 is 5.98. The Morgan fingerprint density at radius 1 is 1.30 bits per heavy atom. The van der Waals surface area contributed by atoms with Gasteiger partial charge in [0.1, 0.15) is 10.7 Å². The monoisotopic (exact) mass is 397 g/mol. The molecule has 0 aliphatic heterocycles. The van der Waals surface area contributed by atoms with Crippen LogP contribution in [0.4, 0.5) is 13.2 Å². The van der Waals surface area contributed by atoms with Crippen LogP contribution in [0.25, 0.3) is 5.65 Å². The fourth-order valence-electron chi connectivity index (χ4n) is 2.24. The normalized spacial score (nSPS) is 12.4. The second-order valence-corrected chi connectivity index (χ2v) is 5.78. The number of oxime groups is 1. The van der Waals surface area contributed by atoms with Gasteiger partial charge in [-0.15, -0.1) is 0 Å². The van der Waals surface area contributed by atoms with E-state index in [0.29, 0.717) is 10.1 Å². The number of carbonyl (C=O) groups excluding carboxylic acids is 1. The Morgan fingerprint density at radius 3 is 2.59 bits per heavy atom. The van der Waals surface area contributed by atoms with E-state index in [1.165, 1.54) is 6.92 Å². The van der Waals surface area contributed by atoms with Crippen molar-refractivity contribution >= 4 is 29.1 Å². The van der Waals surface area contributed by atoms with Crippen molar-refractivity contribution in [2.75, 3.05) is 0 Å². The number of fused-ring (bicyclic) bond motifs is 1. The molecule has 0 saturated heterocycles. The lowest BCUT2D eigenvalue weighted by Crippen LogP contribution is -2.16.